The average Bonchev–Trinajstić information content (AvgIpc) is 2.71. The average molecular weight is 437 g/mol. The van der Waals surface area contributed by atoms with Crippen molar-refractivity contribution in [1.82, 2.24) is 5.32 Å². The number of ether oxygens (including phenoxy) is 2. The summed E-state index contributed by atoms with van der Waals surface area (Å²) in [6.07, 6.45) is -4.92. The Morgan fingerprint density at radius 1 is 1.16 bits per heavy atom. The van der Waals surface area contributed by atoms with E-state index >= 15 is 0 Å². The molecule has 1 heterocycles. The molecule has 1 aromatic heterocycles. The van der Waals surface area contributed by atoms with Gasteiger partial charge in [-0.1, -0.05) is 18.2 Å². The number of hydrogen-bond donors (Lipinski definition) is 2. The van der Waals surface area contributed by atoms with Gasteiger partial charge in [0.05, 0.1) is 12.2 Å². The largest absolute Gasteiger partial charge is 0.573 e. The van der Waals surface area contributed by atoms with Gasteiger partial charge in [0.2, 0.25) is 0 Å². The molecule has 2 aromatic carbocycles. The third-order valence-corrected chi connectivity index (χ3v) is 4.16. The van der Waals surface area contributed by atoms with Crippen molar-refractivity contribution in [2.24, 2.45) is 0 Å². The van der Waals surface area contributed by atoms with E-state index in [0.717, 1.165) is 6.07 Å². The molecule has 1 atom stereocenters. The topological polar surface area (TPSA) is 98.0 Å². The molecule has 0 saturated heterocycles. The van der Waals surface area contributed by atoms with Gasteiger partial charge in [-0.25, -0.2) is 4.79 Å². The van der Waals surface area contributed by atoms with Crippen molar-refractivity contribution in [2.75, 3.05) is 13.2 Å². The minimum atomic E-state index is -4.92. The van der Waals surface area contributed by atoms with E-state index in [0.29, 0.717) is 5.39 Å². The normalized spacial score (nSPS) is 12.4. The summed E-state index contributed by atoms with van der Waals surface area (Å²) < 4.78 is 52.6. The van der Waals surface area contributed by atoms with Crippen LogP contribution in [0.3, 0.4) is 0 Å². The van der Waals surface area contributed by atoms with Crippen LogP contribution in [0.25, 0.3) is 22.1 Å². The maximum absolute atomic E-state index is 12.7. The Kier molecular flexibility index (Phi) is 6.50. The molecule has 3 rings (SSSR count). The van der Waals surface area contributed by atoms with E-state index in [2.05, 4.69) is 10.1 Å². The van der Waals surface area contributed by atoms with Gasteiger partial charge in [-0.2, -0.15) is 0 Å². The van der Waals surface area contributed by atoms with E-state index in [1.165, 1.54) is 36.4 Å². The van der Waals surface area contributed by atoms with Gasteiger partial charge in [-0.05, 0) is 31.2 Å². The van der Waals surface area contributed by atoms with E-state index in [9.17, 15) is 22.8 Å². The Balaban J connectivity index is 1.87. The molecule has 0 bridgehead atoms. The number of amides is 1. The zero-order valence-electron chi connectivity index (χ0n) is 16.2. The van der Waals surface area contributed by atoms with Gasteiger partial charge in [0, 0.05) is 23.1 Å². The Labute approximate surface area is 174 Å². The molecular formula is C21H18F3NO6. The number of carbonyl (C=O) groups excluding carboxylic acids is 1. The molecule has 0 saturated carbocycles. The van der Waals surface area contributed by atoms with Crippen LogP contribution in [0.1, 0.15) is 6.92 Å². The zero-order valence-corrected chi connectivity index (χ0v) is 16.2. The van der Waals surface area contributed by atoms with Gasteiger partial charge >= 0.3 is 12.0 Å². The second-order valence-electron chi connectivity index (χ2n) is 6.63. The molecule has 0 spiro atoms. The number of hydrogen-bond acceptors (Lipinski definition) is 6. The maximum atomic E-state index is 12.7. The van der Waals surface area contributed by atoms with Crippen molar-refractivity contribution in [3.63, 3.8) is 0 Å². The summed E-state index contributed by atoms with van der Waals surface area (Å²) in [6.45, 7) is 1.09. The first-order valence-electron chi connectivity index (χ1n) is 9.12. The second kappa shape index (κ2) is 9.09. The van der Waals surface area contributed by atoms with Gasteiger partial charge in [0.15, 0.2) is 6.61 Å². The molecule has 1 amide bonds. The van der Waals surface area contributed by atoms with E-state index in [-0.39, 0.29) is 35.7 Å². The van der Waals surface area contributed by atoms with E-state index in [1.54, 1.807) is 13.0 Å². The number of nitrogens with one attached hydrogen (secondary N) is 1. The number of carbonyl (C=O) groups is 1. The summed E-state index contributed by atoms with van der Waals surface area (Å²) in [7, 11) is 0. The van der Waals surface area contributed by atoms with Gasteiger partial charge in [-0.3, -0.25) is 4.79 Å². The van der Waals surface area contributed by atoms with Gasteiger partial charge in [-0.15, -0.1) is 13.2 Å². The van der Waals surface area contributed by atoms with Crippen molar-refractivity contribution in [3.05, 3.63) is 59.0 Å². The van der Waals surface area contributed by atoms with Crippen molar-refractivity contribution in [2.45, 2.75) is 19.3 Å². The molecule has 2 N–H and O–H groups in total. The highest BCUT2D eigenvalue weighted by molar-refractivity contribution is 5.84. The smallest absolute Gasteiger partial charge is 0.484 e. The molecule has 10 heteroatoms. The first kappa shape index (κ1) is 22.2. The Bertz CT molecular complexity index is 1140. The number of rotatable bonds is 7. The lowest BCUT2D eigenvalue weighted by atomic mass is 10.0. The van der Waals surface area contributed by atoms with Crippen molar-refractivity contribution < 1.29 is 37.0 Å². The van der Waals surface area contributed by atoms with Crippen LogP contribution in [0, 0.1) is 0 Å². The number of aliphatic hydroxyl groups excluding tert-OH is 1. The lowest BCUT2D eigenvalue weighted by Crippen LogP contribution is -2.38. The molecule has 0 aliphatic rings. The predicted molar refractivity (Wildman–Crippen MR) is 105 cm³/mol. The highest BCUT2D eigenvalue weighted by Gasteiger charge is 2.32. The fraction of sp³-hybridized carbons (Fsp3) is 0.238. The van der Waals surface area contributed by atoms with E-state index < -0.39 is 29.7 Å². The van der Waals surface area contributed by atoms with Crippen LogP contribution in [-0.4, -0.2) is 36.6 Å². The Morgan fingerprint density at radius 2 is 1.90 bits per heavy atom. The number of aliphatic hydroxyl groups is 1. The highest BCUT2D eigenvalue weighted by Crippen LogP contribution is 2.33. The number of halogens is 3. The minimum absolute atomic E-state index is 0.0644. The molecule has 0 unspecified atom stereocenters. The maximum Gasteiger partial charge on any atom is 0.573 e. The van der Waals surface area contributed by atoms with Crippen LogP contribution in [0.2, 0.25) is 0 Å². The zero-order chi connectivity index (χ0) is 22.6. The van der Waals surface area contributed by atoms with Crippen LogP contribution < -0.4 is 20.4 Å². The molecule has 0 aliphatic heterocycles. The third-order valence-electron chi connectivity index (χ3n) is 4.16. The molecule has 31 heavy (non-hydrogen) atoms. The fourth-order valence-electron chi connectivity index (χ4n) is 2.78. The lowest BCUT2D eigenvalue weighted by molar-refractivity contribution is -0.274. The molecular weight excluding hydrogens is 419 g/mol. The minimum Gasteiger partial charge on any atom is -0.484 e. The van der Waals surface area contributed by atoms with E-state index in [1.807, 2.05) is 0 Å². The van der Waals surface area contributed by atoms with Gasteiger partial charge in [0.1, 0.15) is 17.1 Å². The Morgan fingerprint density at radius 3 is 2.61 bits per heavy atom. The third kappa shape index (κ3) is 5.76. The van der Waals surface area contributed by atoms with Crippen LogP contribution in [0.4, 0.5) is 13.2 Å². The summed E-state index contributed by atoms with van der Waals surface area (Å²) in [5.74, 6) is -0.722. The molecule has 7 nitrogen and oxygen atoms in total. The van der Waals surface area contributed by atoms with Gasteiger partial charge < -0.3 is 24.3 Å². The molecule has 0 radical (unpaired) electrons. The highest BCUT2D eigenvalue weighted by atomic mass is 19.4. The van der Waals surface area contributed by atoms with Crippen molar-refractivity contribution in [3.8, 4) is 22.6 Å². The standard InChI is InChI=1S/C21H18F3NO6/c1-12(10-26)25-19(27)11-29-14-7-6-13-8-16(20(28)30-18(13)9-14)15-4-2-3-5-17(15)31-21(22,23)24/h2-9,12,26H,10-11H2,1H3,(H,25,27)/t12-/m1/s1. The molecule has 3 aromatic rings. The van der Waals surface area contributed by atoms with Crippen LogP contribution in [0.5, 0.6) is 11.5 Å². The summed E-state index contributed by atoms with van der Waals surface area (Å²) in [5, 5.41) is 11.9. The molecule has 0 aliphatic carbocycles. The van der Waals surface area contributed by atoms with Crippen molar-refractivity contribution >= 4 is 16.9 Å². The first-order valence-corrected chi connectivity index (χ1v) is 9.12. The predicted octanol–water partition coefficient (Wildman–Crippen LogP) is 3.23. The van der Waals surface area contributed by atoms with E-state index in [4.69, 9.17) is 14.3 Å². The second-order valence-corrected chi connectivity index (χ2v) is 6.63. The van der Waals surface area contributed by atoms with Crippen LogP contribution >= 0.6 is 0 Å². The molecule has 164 valence electrons. The summed E-state index contributed by atoms with van der Waals surface area (Å²) in [4.78, 5) is 24.2. The quantitative estimate of drug-likeness (QED) is 0.551. The molecule has 0 fully saturated rings. The van der Waals surface area contributed by atoms with Crippen LogP contribution in [-0.2, 0) is 4.79 Å². The van der Waals surface area contributed by atoms with Crippen LogP contribution in [0.15, 0.2) is 57.7 Å². The van der Waals surface area contributed by atoms with Gasteiger partial charge in [0.25, 0.3) is 5.91 Å². The number of alkyl halides is 3. The summed E-state index contributed by atoms with van der Waals surface area (Å²) in [5.41, 5.74) is -0.897. The summed E-state index contributed by atoms with van der Waals surface area (Å²) in [6, 6.07) is 10.7. The lowest BCUT2D eigenvalue weighted by Gasteiger charge is -2.13. The number of fused-ring (bicyclic) bond motifs is 1. The monoisotopic (exact) mass is 437 g/mol. The summed E-state index contributed by atoms with van der Waals surface area (Å²) >= 11 is 0. The fourth-order valence-corrected chi connectivity index (χ4v) is 2.78. The number of benzene rings is 2. The van der Waals surface area contributed by atoms with Crippen molar-refractivity contribution in [1.29, 1.82) is 0 Å². The number of para-hydroxylation sites is 1. The first-order chi connectivity index (χ1) is 14.7. The SMILES string of the molecule is C[C@H](CO)NC(=O)COc1ccc2cc(-c3ccccc3OC(F)(F)F)c(=O)oc2c1. The Hall–Kier alpha value is -3.53.